The molecule has 0 fully saturated rings. The molecule has 2 heterocycles. The number of halogens is 2. The molecule has 0 saturated carbocycles. The molecule has 0 atom stereocenters. The third-order valence-electron chi connectivity index (χ3n) is 3.57. The van der Waals surface area contributed by atoms with E-state index in [0.29, 0.717) is 6.04 Å². The van der Waals surface area contributed by atoms with Gasteiger partial charge in [0.25, 0.3) is 5.92 Å². The quantitative estimate of drug-likeness (QED) is 0.653. The largest absolute Gasteiger partial charge is 0.300 e. The molecular weight excluding hydrogens is 282 g/mol. The van der Waals surface area contributed by atoms with Gasteiger partial charge < -0.3 is 0 Å². The summed E-state index contributed by atoms with van der Waals surface area (Å²) >= 11 is 0. The second-order valence-corrected chi connectivity index (χ2v) is 5.89. The van der Waals surface area contributed by atoms with Crippen molar-refractivity contribution in [3.05, 3.63) is 24.3 Å². The third-order valence-corrected chi connectivity index (χ3v) is 3.57. The van der Waals surface area contributed by atoms with E-state index in [2.05, 4.69) is 30.9 Å². The van der Waals surface area contributed by atoms with E-state index in [-0.39, 0.29) is 6.54 Å². The van der Waals surface area contributed by atoms with E-state index in [9.17, 15) is 8.78 Å². The van der Waals surface area contributed by atoms with Crippen LogP contribution in [0.5, 0.6) is 0 Å². The molecule has 2 rings (SSSR count). The summed E-state index contributed by atoms with van der Waals surface area (Å²) in [6.07, 6.45) is 10.4. The lowest BCUT2D eigenvalue weighted by molar-refractivity contribution is 0.0252. The van der Waals surface area contributed by atoms with Crippen molar-refractivity contribution in [2.75, 3.05) is 33.2 Å². The van der Waals surface area contributed by atoms with Crippen LogP contribution in [0.25, 0.3) is 0 Å². The van der Waals surface area contributed by atoms with Gasteiger partial charge in [-0.2, -0.15) is 0 Å². The van der Waals surface area contributed by atoms with Crippen LogP contribution in [0.15, 0.2) is 24.3 Å². The predicted molar refractivity (Wildman–Crippen MR) is 92.6 cm³/mol. The molecule has 0 aromatic heterocycles. The number of hydrogen-bond acceptors (Lipinski definition) is 2. The molecule has 0 amide bonds. The highest BCUT2D eigenvalue weighted by atomic mass is 19.3. The van der Waals surface area contributed by atoms with Crippen LogP contribution >= 0.6 is 0 Å². The van der Waals surface area contributed by atoms with E-state index in [4.69, 9.17) is 0 Å². The molecule has 0 saturated heterocycles. The second kappa shape index (κ2) is 11.8. The van der Waals surface area contributed by atoms with Gasteiger partial charge in [-0.3, -0.25) is 9.80 Å². The van der Waals surface area contributed by atoms with Crippen molar-refractivity contribution >= 4 is 0 Å². The smallest absolute Gasteiger partial charge is 0.278 e. The highest BCUT2D eigenvalue weighted by Gasteiger charge is 2.27. The van der Waals surface area contributed by atoms with Gasteiger partial charge in [0.15, 0.2) is 0 Å². The molecule has 2 aliphatic rings. The van der Waals surface area contributed by atoms with Gasteiger partial charge in [0.05, 0.1) is 6.54 Å². The Morgan fingerprint density at radius 3 is 2.32 bits per heavy atom. The minimum atomic E-state index is -2.62. The summed E-state index contributed by atoms with van der Waals surface area (Å²) < 4.78 is 25.2. The van der Waals surface area contributed by atoms with E-state index in [1.165, 1.54) is 19.4 Å². The highest BCUT2D eigenvalue weighted by molar-refractivity contribution is 4.99. The lowest BCUT2D eigenvalue weighted by Gasteiger charge is -2.23. The SMILES string of the molecule is CC.CC(C)N1CC=CCCC1.CN1CCC=CC(F)(F)C1. The summed E-state index contributed by atoms with van der Waals surface area (Å²) in [5.41, 5.74) is 0. The van der Waals surface area contributed by atoms with Crippen molar-refractivity contribution in [1.29, 1.82) is 0 Å². The molecule has 0 bridgehead atoms. The molecule has 130 valence electrons. The zero-order chi connectivity index (χ0) is 17.0. The lowest BCUT2D eigenvalue weighted by Crippen LogP contribution is -2.31. The molecule has 0 spiro atoms. The molecule has 0 unspecified atom stereocenters. The summed E-state index contributed by atoms with van der Waals surface area (Å²) in [6, 6.07) is 0.711. The van der Waals surface area contributed by atoms with Gasteiger partial charge in [-0.25, -0.2) is 8.78 Å². The van der Waals surface area contributed by atoms with Gasteiger partial charge in [-0.15, -0.1) is 0 Å². The van der Waals surface area contributed by atoms with Crippen LogP contribution in [0.2, 0.25) is 0 Å². The van der Waals surface area contributed by atoms with E-state index in [1.807, 2.05) is 13.8 Å². The molecule has 0 aromatic rings. The molecule has 0 radical (unpaired) electrons. The third kappa shape index (κ3) is 10.1. The topological polar surface area (TPSA) is 6.48 Å². The Kier molecular flexibility index (Phi) is 11.4. The van der Waals surface area contributed by atoms with Crippen molar-refractivity contribution in [2.45, 2.75) is 58.9 Å². The van der Waals surface area contributed by atoms with Gasteiger partial charge in [0.2, 0.25) is 0 Å². The molecule has 0 N–H and O–H groups in total. The average Bonchev–Trinajstić information content (AvgIpc) is 2.82. The molecule has 2 aliphatic heterocycles. The lowest BCUT2D eigenvalue weighted by atomic mass is 10.3. The molecule has 22 heavy (non-hydrogen) atoms. The zero-order valence-corrected chi connectivity index (χ0v) is 15.0. The maximum Gasteiger partial charge on any atom is 0.278 e. The fraction of sp³-hybridized carbons (Fsp3) is 0.778. The van der Waals surface area contributed by atoms with E-state index in [1.54, 1.807) is 18.0 Å². The Balaban J connectivity index is 0.000000360. The summed E-state index contributed by atoms with van der Waals surface area (Å²) in [4.78, 5) is 4.14. The highest BCUT2D eigenvalue weighted by Crippen LogP contribution is 2.19. The van der Waals surface area contributed by atoms with Gasteiger partial charge >= 0.3 is 0 Å². The monoisotopic (exact) mass is 316 g/mol. The summed E-state index contributed by atoms with van der Waals surface area (Å²) in [6.45, 7) is 11.5. The molecule has 2 nitrogen and oxygen atoms in total. The minimum absolute atomic E-state index is 0.149. The number of allylic oxidation sites excluding steroid dienone is 1. The molecular formula is C18H34F2N2. The van der Waals surface area contributed by atoms with Gasteiger partial charge in [-0.05, 0) is 52.8 Å². The van der Waals surface area contributed by atoms with Gasteiger partial charge in [0.1, 0.15) is 0 Å². The maximum atomic E-state index is 12.6. The van der Waals surface area contributed by atoms with E-state index >= 15 is 0 Å². The molecule has 0 aromatic carbocycles. The van der Waals surface area contributed by atoms with Crippen molar-refractivity contribution in [3.63, 3.8) is 0 Å². The van der Waals surface area contributed by atoms with Crippen LogP contribution in [-0.4, -0.2) is 55.0 Å². The fourth-order valence-corrected chi connectivity index (χ4v) is 2.34. The van der Waals surface area contributed by atoms with E-state index < -0.39 is 5.92 Å². The van der Waals surface area contributed by atoms with Crippen LogP contribution in [0, 0.1) is 0 Å². The van der Waals surface area contributed by atoms with Crippen LogP contribution in [0.4, 0.5) is 8.78 Å². The van der Waals surface area contributed by atoms with E-state index in [0.717, 1.165) is 25.6 Å². The molecule has 0 aliphatic carbocycles. The predicted octanol–water partition coefficient (Wildman–Crippen LogP) is 4.59. The summed E-state index contributed by atoms with van der Waals surface area (Å²) in [7, 11) is 1.71. The first-order valence-corrected chi connectivity index (χ1v) is 8.54. The number of rotatable bonds is 1. The van der Waals surface area contributed by atoms with Crippen LogP contribution in [0.1, 0.15) is 47.0 Å². The number of alkyl halides is 2. The molecule has 4 heteroatoms. The van der Waals surface area contributed by atoms with Crippen molar-refractivity contribution in [2.24, 2.45) is 0 Å². The maximum absolute atomic E-state index is 12.6. The number of nitrogens with zero attached hydrogens (tertiary/aromatic N) is 2. The normalized spacial score (nSPS) is 22.0. The van der Waals surface area contributed by atoms with Crippen molar-refractivity contribution < 1.29 is 8.78 Å². The van der Waals surface area contributed by atoms with Crippen LogP contribution in [0.3, 0.4) is 0 Å². The van der Waals surface area contributed by atoms with Gasteiger partial charge in [-0.1, -0.05) is 32.1 Å². The first kappa shape index (κ1) is 21.3. The minimum Gasteiger partial charge on any atom is -0.300 e. The fourth-order valence-electron chi connectivity index (χ4n) is 2.34. The summed E-state index contributed by atoms with van der Waals surface area (Å²) in [5, 5.41) is 0. The standard InChI is InChI=1S/C9H17N.C7H11F2N.C2H6/c1-9(2)10-7-5-3-4-6-8-10;1-10-5-3-2-4-7(8,9)6-10;1-2/h3,5,9H,4,6-8H2,1-2H3;2,4H,3,5-6H2,1H3;1-2H3. The Morgan fingerprint density at radius 1 is 1.00 bits per heavy atom. The zero-order valence-electron chi connectivity index (χ0n) is 15.0. The Labute approximate surface area is 135 Å². The summed E-state index contributed by atoms with van der Waals surface area (Å²) in [5.74, 6) is -2.62. The van der Waals surface area contributed by atoms with Crippen molar-refractivity contribution in [1.82, 2.24) is 9.80 Å². The average molecular weight is 316 g/mol. The van der Waals surface area contributed by atoms with Crippen LogP contribution in [-0.2, 0) is 0 Å². The van der Waals surface area contributed by atoms with Crippen molar-refractivity contribution in [3.8, 4) is 0 Å². The first-order valence-electron chi connectivity index (χ1n) is 8.54. The Morgan fingerprint density at radius 2 is 1.68 bits per heavy atom. The first-order chi connectivity index (χ1) is 10.4. The Bertz CT molecular complexity index is 325. The van der Waals surface area contributed by atoms with Gasteiger partial charge in [0, 0.05) is 19.1 Å². The number of hydrogen-bond donors (Lipinski definition) is 0. The van der Waals surface area contributed by atoms with Crippen LogP contribution < -0.4 is 0 Å². The Hall–Kier alpha value is -0.740. The second-order valence-electron chi connectivity index (χ2n) is 5.89.